The number of aryl methyl sites for hydroxylation is 1. The number of carbonyl (C=O) groups is 1. The van der Waals surface area contributed by atoms with Crippen LogP contribution in [0.1, 0.15) is 62.1 Å². The molecule has 0 radical (unpaired) electrons. The first-order valence-electron chi connectivity index (χ1n) is 9.96. The summed E-state index contributed by atoms with van der Waals surface area (Å²) >= 11 is 3.31. The van der Waals surface area contributed by atoms with Gasteiger partial charge in [-0.2, -0.15) is 5.26 Å². The lowest BCUT2D eigenvalue weighted by atomic mass is 9.81. The molecule has 1 aliphatic rings. The zero-order valence-electron chi connectivity index (χ0n) is 17.8. The van der Waals surface area contributed by atoms with Crippen molar-refractivity contribution in [2.24, 2.45) is 0 Å². The Balaban J connectivity index is 1.61. The van der Waals surface area contributed by atoms with E-state index in [-0.39, 0.29) is 17.0 Å². The molecule has 0 fully saturated rings. The number of amides is 1. The molecule has 29 heavy (non-hydrogen) atoms. The van der Waals surface area contributed by atoms with Gasteiger partial charge in [-0.05, 0) is 70.9 Å². The first kappa shape index (κ1) is 21.9. The van der Waals surface area contributed by atoms with Crippen LogP contribution in [0.3, 0.4) is 0 Å². The van der Waals surface area contributed by atoms with Gasteiger partial charge in [-0.1, -0.05) is 17.7 Å². The maximum Gasteiger partial charge on any atom is 0.225 e. The second kappa shape index (κ2) is 8.51. The van der Waals surface area contributed by atoms with E-state index in [1.54, 1.807) is 11.8 Å². The van der Waals surface area contributed by atoms with Crippen LogP contribution in [0.25, 0.3) is 0 Å². The summed E-state index contributed by atoms with van der Waals surface area (Å²) in [5.74, 6) is 0.878. The molecule has 2 N–H and O–H groups in total. The zero-order valence-corrected chi connectivity index (χ0v) is 19.4. The third kappa shape index (κ3) is 5.22. The Bertz CT molecular complexity index is 936. The van der Waals surface area contributed by atoms with Gasteiger partial charge in [0.2, 0.25) is 5.91 Å². The monoisotopic (exact) mass is 427 g/mol. The molecule has 0 spiro atoms. The highest BCUT2D eigenvalue weighted by Crippen LogP contribution is 2.44. The molecule has 0 unspecified atom stereocenters. The standard InChI is InChI=1S/C23H29N3OS2/c1-15-8-10-16(11-9-15)28-12-6-7-19(27)25-21-18(14-24)17-13-22(2,3)26-23(4,5)20(17)29-21/h8-11,26H,6-7,12-13H2,1-5H3,(H,25,27). The topological polar surface area (TPSA) is 64.9 Å². The van der Waals surface area contributed by atoms with Gasteiger partial charge >= 0.3 is 0 Å². The number of benzene rings is 1. The number of hydrogen-bond donors (Lipinski definition) is 2. The quantitative estimate of drug-likeness (QED) is 0.465. The van der Waals surface area contributed by atoms with Crippen molar-refractivity contribution in [3.05, 3.63) is 45.8 Å². The average Bonchev–Trinajstić information content (AvgIpc) is 2.96. The summed E-state index contributed by atoms with van der Waals surface area (Å²) in [5, 5.41) is 17.1. The van der Waals surface area contributed by atoms with Gasteiger partial charge < -0.3 is 10.6 Å². The summed E-state index contributed by atoms with van der Waals surface area (Å²) < 4.78 is 0. The fourth-order valence-corrected chi connectivity index (χ4v) is 6.08. The Hall–Kier alpha value is -1.81. The van der Waals surface area contributed by atoms with Crippen molar-refractivity contribution in [2.75, 3.05) is 11.1 Å². The highest BCUT2D eigenvalue weighted by atomic mass is 32.2. The summed E-state index contributed by atoms with van der Waals surface area (Å²) in [6, 6.07) is 10.8. The van der Waals surface area contributed by atoms with Gasteiger partial charge in [-0.3, -0.25) is 4.79 Å². The van der Waals surface area contributed by atoms with Crippen LogP contribution in [0.15, 0.2) is 29.2 Å². The van der Waals surface area contributed by atoms with Crippen LogP contribution in [0.5, 0.6) is 0 Å². The smallest absolute Gasteiger partial charge is 0.225 e. The van der Waals surface area contributed by atoms with Crippen LogP contribution in [0.2, 0.25) is 0 Å². The molecule has 154 valence electrons. The van der Waals surface area contributed by atoms with Crippen LogP contribution in [0, 0.1) is 18.3 Å². The molecular weight excluding hydrogens is 398 g/mol. The van der Waals surface area contributed by atoms with E-state index >= 15 is 0 Å². The van der Waals surface area contributed by atoms with E-state index in [2.05, 4.69) is 75.6 Å². The second-order valence-electron chi connectivity index (χ2n) is 8.85. The Morgan fingerprint density at radius 1 is 1.28 bits per heavy atom. The minimum Gasteiger partial charge on any atom is -0.317 e. The van der Waals surface area contributed by atoms with E-state index in [1.165, 1.54) is 21.8 Å². The molecule has 0 aliphatic carbocycles. The number of carbonyl (C=O) groups excluding carboxylic acids is 1. The van der Waals surface area contributed by atoms with Gasteiger partial charge in [0, 0.05) is 27.3 Å². The van der Waals surface area contributed by atoms with Gasteiger partial charge in [-0.15, -0.1) is 23.1 Å². The Morgan fingerprint density at radius 2 is 1.97 bits per heavy atom. The van der Waals surface area contributed by atoms with E-state index in [4.69, 9.17) is 0 Å². The summed E-state index contributed by atoms with van der Waals surface area (Å²) in [7, 11) is 0. The van der Waals surface area contributed by atoms with Gasteiger partial charge in [0.15, 0.2) is 0 Å². The predicted octanol–water partition coefficient (Wildman–Crippen LogP) is 5.60. The molecule has 2 heterocycles. The molecule has 0 bridgehead atoms. The zero-order chi connectivity index (χ0) is 21.2. The fraction of sp³-hybridized carbons (Fsp3) is 0.478. The lowest BCUT2D eigenvalue weighted by Crippen LogP contribution is -2.54. The minimum absolute atomic E-state index is 0.0189. The Kier molecular flexibility index (Phi) is 6.42. The number of nitrogens with zero attached hydrogens (tertiary/aromatic N) is 1. The van der Waals surface area contributed by atoms with Gasteiger partial charge in [0.1, 0.15) is 11.1 Å². The predicted molar refractivity (Wildman–Crippen MR) is 123 cm³/mol. The van der Waals surface area contributed by atoms with Crippen molar-refractivity contribution in [3.8, 4) is 6.07 Å². The van der Waals surface area contributed by atoms with E-state index in [9.17, 15) is 10.1 Å². The molecule has 4 nitrogen and oxygen atoms in total. The Morgan fingerprint density at radius 3 is 2.62 bits per heavy atom. The van der Waals surface area contributed by atoms with Crippen molar-refractivity contribution in [1.29, 1.82) is 5.26 Å². The summed E-state index contributed by atoms with van der Waals surface area (Å²) in [6.07, 6.45) is 2.05. The molecule has 0 saturated heterocycles. The van der Waals surface area contributed by atoms with Crippen molar-refractivity contribution >= 4 is 34.0 Å². The number of nitriles is 1. The minimum atomic E-state index is -0.221. The number of thiophene rings is 1. The summed E-state index contributed by atoms with van der Waals surface area (Å²) in [5.41, 5.74) is 2.66. The van der Waals surface area contributed by atoms with E-state index in [0.717, 1.165) is 29.0 Å². The fourth-order valence-electron chi connectivity index (χ4n) is 3.98. The molecule has 6 heteroatoms. The highest BCUT2D eigenvalue weighted by molar-refractivity contribution is 7.99. The van der Waals surface area contributed by atoms with Gasteiger partial charge in [-0.25, -0.2) is 0 Å². The Labute approximate surface area is 182 Å². The van der Waals surface area contributed by atoms with Crippen LogP contribution in [-0.4, -0.2) is 17.2 Å². The molecule has 1 aromatic heterocycles. The van der Waals surface area contributed by atoms with Crippen LogP contribution < -0.4 is 10.6 Å². The highest BCUT2D eigenvalue weighted by Gasteiger charge is 2.40. The van der Waals surface area contributed by atoms with Gasteiger partial charge in [0.25, 0.3) is 0 Å². The lowest BCUT2D eigenvalue weighted by molar-refractivity contribution is -0.116. The van der Waals surface area contributed by atoms with Crippen LogP contribution >= 0.6 is 23.1 Å². The number of anilines is 1. The van der Waals surface area contributed by atoms with Crippen molar-refractivity contribution in [1.82, 2.24) is 5.32 Å². The molecule has 1 aromatic carbocycles. The first-order chi connectivity index (χ1) is 13.6. The number of hydrogen-bond acceptors (Lipinski definition) is 5. The molecule has 0 saturated carbocycles. The first-order valence-corrected chi connectivity index (χ1v) is 11.8. The third-order valence-corrected chi connectivity index (χ3v) is 7.62. The lowest BCUT2D eigenvalue weighted by Gasteiger charge is -2.42. The number of rotatable bonds is 6. The number of nitrogens with one attached hydrogen (secondary N) is 2. The van der Waals surface area contributed by atoms with Crippen LogP contribution in [-0.2, 0) is 16.8 Å². The van der Waals surface area contributed by atoms with Gasteiger partial charge in [0.05, 0.1) is 5.56 Å². The average molecular weight is 428 g/mol. The van der Waals surface area contributed by atoms with Crippen molar-refractivity contribution < 1.29 is 4.79 Å². The molecule has 1 aliphatic heterocycles. The summed E-state index contributed by atoms with van der Waals surface area (Å²) in [6.45, 7) is 10.7. The molecular formula is C23H29N3OS2. The SMILES string of the molecule is Cc1ccc(SCCCC(=O)Nc2sc3c(c2C#N)CC(C)(C)NC3(C)C)cc1. The van der Waals surface area contributed by atoms with Crippen LogP contribution in [0.4, 0.5) is 5.00 Å². The van der Waals surface area contributed by atoms with Crippen molar-refractivity contribution in [2.45, 2.75) is 69.9 Å². The molecule has 3 rings (SSSR count). The largest absolute Gasteiger partial charge is 0.317 e. The van der Waals surface area contributed by atoms with E-state index in [0.29, 0.717) is 17.0 Å². The maximum absolute atomic E-state index is 12.5. The molecule has 2 aromatic rings. The molecule has 0 atom stereocenters. The number of fused-ring (bicyclic) bond motifs is 1. The maximum atomic E-state index is 12.5. The van der Waals surface area contributed by atoms with E-state index < -0.39 is 0 Å². The normalized spacial score (nSPS) is 16.7. The van der Waals surface area contributed by atoms with E-state index in [1.807, 2.05) is 0 Å². The van der Waals surface area contributed by atoms with Crippen molar-refractivity contribution in [3.63, 3.8) is 0 Å². The number of thioether (sulfide) groups is 1. The summed E-state index contributed by atoms with van der Waals surface area (Å²) in [4.78, 5) is 14.9. The molecule has 1 amide bonds. The second-order valence-corrected chi connectivity index (χ2v) is 11.0. The third-order valence-electron chi connectivity index (χ3n) is 5.05.